The standard InChI is InChI=1S/C16H26O/c1-12(2)10-15-7-5-6-14(11-15)8-9-16(17)13(3)4/h5-7,11-13,16-17H,8-10H2,1-4H3. The summed E-state index contributed by atoms with van der Waals surface area (Å²) in [7, 11) is 0. The normalized spacial score (nSPS) is 13.4. The number of hydrogen-bond donors (Lipinski definition) is 1. The highest BCUT2D eigenvalue weighted by molar-refractivity contribution is 5.24. The molecule has 1 aromatic carbocycles. The molecule has 17 heavy (non-hydrogen) atoms. The second-order valence-electron chi connectivity index (χ2n) is 5.77. The molecule has 1 aromatic rings. The summed E-state index contributed by atoms with van der Waals surface area (Å²) in [4.78, 5) is 0. The summed E-state index contributed by atoms with van der Waals surface area (Å²) >= 11 is 0. The molecule has 0 saturated heterocycles. The molecule has 1 nitrogen and oxygen atoms in total. The van der Waals surface area contributed by atoms with Crippen molar-refractivity contribution in [3.05, 3.63) is 35.4 Å². The van der Waals surface area contributed by atoms with Crippen LogP contribution in [0.5, 0.6) is 0 Å². The molecule has 1 rings (SSSR count). The Bertz CT molecular complexity index is 328. The summed E-state index contributed by atoms with van der Waals surface area (Å²) in [6.07, 6.45) is 2.80. The van der Waals surface area contributed by atoms with E-state index in [2.05, 4.69) is 52.0 Å². The monoisotopic (exact) mass is 234 g/mol. The van der Waals surface area contributed by atoms with Gasteiger partial charge in [-0.25, -0.2) is 0 Å². The predicted molar refractivity (Wildman–Crippen MR) is 74.1 cm³/mol. The number of hydrogen-bond acceptors (Lipinski definition) is 1. The average Bonchev–Trinajstić information content (AvgIpc) is 2.25. The Labute approximate surface area is 106 Å². The van der Waals surface area contributed by atoms with Crippen LogP contribution in [0, 0.1) is 11.8 Å². The lowest BCUT2D eigenvalue weighted by Gasteiger charge is -2.14. The van der Waals surface area contributed by atoms with E-state index in [1.165, 1.54) is 11.1 Å². The van der Waals surface area contributed by atoms with E-state index in [1.807, 2.05) is 0 Å². The van der Waals surface area contributed by atoms with Crippen molar-refractivity contribution in [2.75, 3.05) is 0 Å². The molecule has 0 spiro atoms. The van der Waals surface area contributed by atoms with Gasteiger partial charge in [0.2, 0.25) is 0 Å². The summed E-state index contributed by atoms with van der Waals surface area (Å²) in [6, 6.07) is 8.78. The number of aliphatic hydroxyl groups is 1. The third-order valence-corrected chi connectivity index (χ3v) is 3.13. The van der Waals surface area contributed by atoms with Gasteiger partial charge in [0, 0.05) is 0 Å². The molecule has 1 unspecified atom stereocenters. The predicted octanol–water partition coefficient (Wildman–Crippen LogP) is 3.83. The number of aliphatic hydroxyl groups excluding tert-OH is 1. The minimum atomic E-state index is -0.177. The molecule has 0 aliphatic heterocycles. The topological polar surface area (TPSA) is 20.2 Å². The zero-order valence-corrected chi connectivity index (χ0v) is 11.6. The lowest BCUT2D eigenvalue weighted by Crippen LogP contribution is -2.15. The number of aryl methyl sites for hydroxylation is 1. The summed E-state index contributed by atoms with van der Waals surface area (Å²) < 4.78 is 0. The zero-order valence-electron chi connectivity index (χ0n) is 11.6. The van der Waals surface area contributed by atoms with E-state index in [-0.39, 0.29) is 6.10 Å². The molecule has 0 aromatic heterocycles. The van der Waals surface area contributed by atoms with Crippen molar-refractivity contribution in [2.24, 2.45) is 11.8 Å². The van der Waals surface area contributed by atoms with Gasteiger partial charge < -0.3 is 5.11 Å². The van der Waals surface area contributed by atoms with Crippen molar-refractivity contribution < 1.29 is 5.11 Å². The first-order chi connectivity index (χ1) is 7.99. The van der Waals surface area contributed by atoms with E-state index in [0.717, 1.165) is 19.3 Å². The quantitative estimate of drug-likeness (QED) is 0.793. The fourth-order valence-electron chi connectivity index (χ4n) is 2.03. The smallest absolute Gasteiger partial charge is 0.0566 e. The van der Waals surface area contributed by atoms with Gasteiger partial charge in [-0.15, -0.1) is 0 Å². The van der Waals surface area contributed by atoms with Gasteiger partial charge >= 0.3 is 0 Å². The van der Waals surface area contributed by atoms with E-state index >= 15 is 0 Å². The molecule has 0 saturated carbocycles. The zero-order chi connectivity index (χ0) is 12.8. The minimum Gasteiger partial charge on any atom is -0.393 e. The molecular formula is C16H26O. The highest BCUT2D eigenvalue weighted by atomic mass is 16.3. The maximum Gasteiger partial charge on any atom is 0.0566 e. The van der Waals surface area contributed by atoms with E-state index in [4.69, 9.17) is 0 Å². The van der Waals surface area contributed by atoms with Gasteiger partial charge in [-0.05, 0) is 42.2 Å². The van der Waals surface area contributed by atoms with E-state index in [9.17, 15) is 5.11 Å². The van der Waals surface area contributed by atoms with Crippen molar-refractivity contribution in [2.45, 2.75) is 53.1 Å². The molecule has 0 bridgehead atoms. The van der Waals surface area contributed by atoms with Gasteiger partial charge in [-0.2, -0.15) is 0 Å². The fraction of sp³-hybridized carbons (Fsp3) is 0.625. The molecule has 1 atom stereocenters. The maximum absolute atomic E-state index is 9.80. The maximum atomic E-state index is 9.80. The Morgan fingerprint density at radius 2 is 1.71 bits per heavy atom. The Hall–Kier alpha value is -0.820. The van der Waals surface area contributed by atoms with Crippen LogP contribution in [0.1, 0.15) is 45.2 Å². The van der Waals surface area contributed by atoms with Crippen LogP contribution in [0.2, 0.25) is 0 Å². The first-order valence-electron chi connectivity index (χ1n) is 6.75. The van der Waals surface area contributed by atoms with Crippen molar-refractivity contribution in [3.63, 3.8) is 0 Å². The third kappa shape index (κ3) is 5.36. The molecule has 1 N–H and O–H groups in total. The van der Waals surface area contributed by atoms with Crippen LogP contribution in [0.25, 0.3) is 0 Å². The highest BCUT2D eigenvalue weighted by Gasteiger charge is 2.09. The molecule has 96 valence electrons. The molecule has 0 fully saturated rings. The molecular weight excluding hydrogens is 208 g/mol. The molecule has 1 heteroatoms. The van der Waals surface area contributed by atoms with Gasteiger partial charge in [0.05, 0.1) is 6.10 Å². The first kappa shape index (κ1) is 14.2. The Balaban J connectivity index is 2.54. The third-order valence-electron chi connectivity index (χ3n) is 3.13. The van der Waals surface area contributed by atoms with Crippen LogP contribution in [0.4, 0.5) is 0 Å². The van der Waals surface area contributed by atoms with Crippen molar-refractivity contribution in [3.8, 4) is 0 Å². The van der Waals surface area contributed by atoms with Gasteiger partial charge in [0.15, 0.2) is 0 Å². The Morgan fingerprint density at radius 3 is 2.29 bits per heavy atom. The number of rotatable bonds is 6. The fourth-order valence-corrected chi connectivity index (χ4v) is 2.03. The molecule has 0 heterocycles. The summed E-state index contributed by atoms with van der Waals surface area (Å²) in [5.74, 6) is 1.06. The van der Waals surface area contributed by atoms with Gasteiger partial charge in [-0.1, -0.05) is 52.0 Å². The van der Waals surface area contributed by atoms with Crippen LogP contribution in [-0.2, 0) is 12.8 Å². The van der Waals surface area contributed by atoms with Gasteiger partial charge in [0.1, 0.15) is 0 Å². The summed E-state index contributed by atoms with van der Waals surface area (Å²) in [5.41, 5.74) is 2.76. The van der Waals surface area contributed by atoms with Gasteiger partial charge in [-0.3, -0.25) is 0 Å². The van der Waals surface area contributed by atoms with Gasteiger partial charge in [0.25, 0.3) is 0 Å². The van der Waals surface area contributed by atoms with Crippen LogP contribution in [0.15, 0.2) is 24.3 Å². The average molecular weight is 234 g/mol. The molecule has 0 amide bonds. The van der Waals surface area contributed by atoms with E-state index in [0.29, 0.717) is 11.8 Å². The number of benzene rings is 1. The largest absolute Gasteiger partial charge is 0.393 e. The van der Waals surface area contributed by atoms with Crippen LogP contribution in [0.3, 0.4) is 0 Å². The SMILES string of the molecule is CC(C)Cc1cccc(CCC(O)C(C)C)c1. The van der Waals surface area contributed by atoms with E-state index in [1.54, 1.807) is 0 Å². The molecule has 0 aliphatic carbocycles. The second-order valence-corrected chi connectivity index (χ2v) is 5.77. The second kappa shape index (κ2) is 6.80. The summed E-state index contributed by atoms with van der Waals surface area (Å²) in [6.45, 7) is 8.63. The van der Waals surface area contributed by atoms with Crippen LogP contribution >= 0.6 is 0 Å². The minimum absolute atomic E-state index is 0.177. The Kier molecular flexibility index (Phi) is 5.70. The summed E-state index contributed by atoms with van der Waals surface area (Å²) in [5, 5.41) is 9.80. The molecule has 0 aliphatic rings. The lowest BCUT2D eigenvalue weighted by molar-refractivity contribution is 0.116. The lowest BCUT2D eigenvalue weighted by atomic mass is 9.96. The molecule has 0 radical (unpaired) electrons. The Morgan fingerprint density at radius 1 is 1.06 bits per heavy atom. The first-order valence-corrected chi connectivity index (χ1v) is 6.75. The van der Waals surface area contributed by atoms with Crippen molar-refractivity contribution in [1.82, 2.24) is 0 Å². The highest BCUT2D eigenvalue weighted by Crippen LogP contribution is 2.14. The van der Waals surface area contributed by atoms with Crippen LogP contribution in [-0.4, -0.2) is 11.2 Å². The van der Waals surface area contributed by atoms with Crippen molar-refractivity contribution in [1.29, 1.82) is 0 Å². The van der Waals surface area contributed by atoms with Crippen LogP contribution < -0.4 is 0 Å². The van der Waals surface area contributed by atoms with E-state index < -0.39 is 0 Å². The van der Waals surface area contributed by atoms with Crippen molar-refractivity contribution >= 4 is 0 Å².